The summed E-state index contributed by atoms with van der Waals surface area (Å²) in [4.78, 5) is 25.3. The van der Waals surface area contributed by atoms with Gasteiger partial charge in [0, 0.05) is 18.3 Å². The van der Waals surface area contributed by atoms with Crippen LogP contribution >= 0.6 is 0 Å². The van der Waals surface area contributed by atoms with Crippen LogP contribution < -0.4 is 20.7 Å². The number of ether oxygens (including phenoxy) is 1. The SMILES string of the molecule is CCNC(=O)Nc1ccc(-c2cncc(NC(CC)c3ccccn3)n2)cc1OC. The number of pyridine rings is 1. The maximum absolute atomic E-state index is 11.8. The van der Waals surface area contributed by atoms with Crippen molar-refractivity contribution in [2.24, 2.45) is 0 Å². The van der Waals surface area contributed by atoms with Crippen molar-refractivity contribution in [2.45, 2.75) is 26.3 Å². The number of amides is 2. The third-order valence-electron chi connectivity index (χ3n) is 4.49. The first kappa shape index (κ1) is 21.0. The molecule has 8 nitrogen and oxygen atoms in total. The number of nitrogens with zero attached hydrogens (tertiary/aromatic N) is 3. The lowest BCUT2D eigenvalue weighted by Crippen LogP contribution is -2.28. The van der Waals surface area contributed by atoms with E-state index in [4.69, 9.17) is 9.72 Å². The molecule has 0 radical (unpaired) electrons. The van der Waals surface area contributed by atoms with Gasteiger partial charge in [-0.05, 0) is 37.6 Å². The van der Waals surface area contributed by atoms with E-state index < -0.39 is 0 Å². The minimum Gasteiger partial charge on any atom is -0.495 e. The minimum atomic E-state index is -0.283. The highest BCUT2D eigenvalue weighted by Crippen LogP contribution is 2.30. The van der Waals surface area contributed by atoms with Crippen LogP contribution in [0.1, 0.15) is 32.0 Å². The van der Waals surface area contributed by atoms with Crippen LogP contribution in [0, 0.1) is 0 Å². The van der Waals surface area contributed by atoms with E-state index in [-0.39, 0.29) is 12.1 Å². The highest BCUT2D eigenvalue weighted by atomic mass is 16.5. The molecule has 2 heterocycles. The Bertz CT molecular complexity index is 980. The van der Waals surface area contributed by atoms with E-state index in [0.717, 1.165) is 17.7 Å². The van der Waals surface area contributed by atoms with Crippen molar-refractivity contribution < 1.29 is 9.53 Å². The highest BCUT2D eigenvalue weighted by Gasteiger charge is 2.13. The zero-order valence-electron chi connectivity index (χ0n) is 17.3. The summed E-state index contributed by atoms with van der Waals surface area (Å²) >= 11 is 0. The average molecular weight is 406 g/mol. The fourth-order valence-corrected chi connectivity index (χ4v) is 3.00. The van der Waals surface area contributed by atoms with Gasteiger partial charge in [-0.3, -0.25) is 9.97 Å². The molecule has 0 spiro atoms. The number of aromatic nitrogens is 3. The molecular formula is C22H26N6O2. The first-order valence-corrected chi connectivity index (χ1v) is 9.87. The van der Waals surface area contributed by atoms with Gasteiger partial charge in [-0.25, -0.2) is 9.78 Å². The average Bonchev–Trinajstić information content (AvgIpc) is 2.78. The fourth-order valence-electron chi connectivity index (χ4n) is 3.00. The van der Waals surface area contributed by atoms with Crippen molar-refractivity contribution in [3.63, 3.8) is 0 Å². The summed E-state index contributed by atoms with van der Waals surface area (Å²) in [6, 6.07) is 11.1. The smallest absolute Gasteiger partial charge is 0.319 e. The van der Waals surface area contributed by atoms with Gasteiger partial charge in [0.1, 0.15) is 11.6 Å². The van der Waals surface area contributed by atoms with Crippen LogP contribution in [0.15, 0.2) is 55.0 Å². The summed E-state index contributed by atoms with van der Waals surface area (Å²) in [5, 5.41) is 8.87. The van der Waals surface area contributed by atoms with Crippen molar-refractivity contribution in [1.29, 1.82) is 0 Å². The Morgan fingerprint density at radius 2 is 2.03 bits per heavy atom. The van der Waals surface area contributed by atoms with Crippen LogP contribution in [-0.4, -0.2) is 34.6 Å². The van der Waals surface area contributed by atoms with Crippen molar-refractivity contribution in [1.82, 2.24) is 20.3 Å². The van der Waals surface area contributed by atoms with Crippen molar-refractivity contribution >= 4 is 17.5 Å². The molecule has 1 aromatic carbocycles. The molecule has 0 aliphatic heterocycles. The first-order valence-electron chi connectivity index (χ1n) is 9.87. The molecule has 3 rings (SSSR count). The number of carbonyl (C=O) groups is 1. The molecule has 3 N–H and O–H groups in total. The van der Waals surface area contributed by atoms with Gasteiger partial charge < -0.3 is 20.7 Å². The predicted octanol–water partition coefficient (Wildman–Crippen LogP) is 4.25. The van der Waals surface area contributed by atoms with E-state index in [1.54, 1.807) is 31.8 Å². The molecule has 8 heteroatoms. The van der Waals surface area contributed by atoms with E-state index in [0.29, 0.717) is 29.5 Å². The highest BCUT2D eigenvalue weighted by molar-refractivity contribution is 5.91. The zero-order valence-corrected chi connectivity index (χ0v) is 17.3. The molecule has 0 aliphatic carbocycles. The number of hydrogen-bond donors (Lipinski definition) is 3. The van der Waals surface area contributed by atoms with Crippen LogP contribution in [0.3, 0.4) is 0 Å². The van der Waals surface area contributed by atoms with Crippen molar-refractivity contribution in [3.8, 4) is 17.0 Å². The Labute approximate surface area is 176 Å². The van der Waals surface area contributed by atoms with Crippen LogP contribution in [-0.2, 0) is 0 Å². The summed E-state index contributed by atoms with van der Waals surface area (Å²) in [7, 11) is 1.56. The summed E-state index contributed by atoms with van der Waals surface area (Å²) in [5.41, 5.74) is 3.05. The lowest BCUT2D eigenvalue weighted by molar-refractivity contribution is 0.252. The van der Waals surface area contributed by atoms with E-state index in [9.17, 15) is 4.79 Å². The van der Waals surface area contributed by atoms with Crippen LogP contribution in [0.2, 0.25) is 0 Å². The number of methoxy groups -OCH3 is 1. The summed E-state index contributed by atoms with van der Waals surface area (Å²) in [5.74, 6) is 1.20. The van der Waals surface area contributed by atoms with Gasteiger partial charge in [-0.15, -0.1) is 0 Å². The minimum absolute atomic E-state index is 0.0361. The normalized spacial score (nSPS) is 11.4. The predicted molar refractivity (Wildman–Crippen MR) is 118 cm³/mol. The number of carbonyl (C=O) groups excluding carboxylic acids is 1. The molecule has 2 amide bonds. The van der Waals surface area contributed by atoms with E-state index in [2.05, 4.69) is 32.8 Å². The fraction of sp³-hybridized carbons (Fsp3) is 0.273. The molecule has 0 aliphatic rings. The third-order valence-corrected chi connectivity index (χ3v) is 4.49. The van der Waals surface area contributed by atoms with Gasteiger partial charge >= 0.3 is 6.03 Å². The summed E-state index contributed by atoms with van der Waals surface area (Å²) < 4.78 is 5.44. The van der Waals surface area contributed by atoms with Gasteiger partial charge in [0.15, 0.2) is 0 Å². The maximum atomic E-state index is 11.8. The standard InChI is InChI=1S/C22H26N6O2/c1-4-16(17-8-6-7-11-25-17)26-21-14-23-13-19(27-21)15-9-10-18(20(12-15)30-3)28-22(29)24-5-2/h6-14,16H,4-5H2,1-3H3,(H,26,27)(H2,24,28,29). The third kappa shape index (κ3) is 5.22. The van der Waals surface area contributed by atoms with E-state index in [1.165, 1.54) is 0 Å². The second kappa shape index (κ2) is 10.2. The second-order valence-corrected chi connectivity index (χ2v) is 6.55. The molecule has 1 atom stereocenters. The topological polar surface area (TPSA) is 101 Å². The maximum Gasteiger partial charge on any atom is 0.319 e. The molecule has 30 heavy (non-hydrogen) atoms. The number of urea groups is 1. The second-order valence-electron chi connectivity index (χ2n) is 6.55. The van der Waals surface area contributed by atoms with Crippen LogP contribution in [0.5, 0.6) is 5.75 Å². The Morgan fingerprint density at radius 1 is 1.17 bits per heavy atom. The Hall–Kier alpha value is -3.68. The Kier molecular flexibility index (Phi) is 7.15. The lowest BCUT2D eigenvalue weighted by atomic mass is 10.1. The van der Waals surface area contributed by atoms with Gasteiger partial charge in [-0.1, -0.05) is 19.1 Å². The summed E-state index contributed by atoms with van der Waals surface area (Å²) in [6.45, 7) is 4.49. The van der Waals surface area contributed by atoms with Gasteiger partial charge in [-0.2, -0.15) is 0 Å². The largest absolute Gasteiger partial charge is 0.495 e. The van der Waals surface area contributed by atoms with Crippen molar-refractivity contribution in [2.75, 3.05) is 24.3 Å². The lowest BCUT2D eigenvalue weighted by Gasteiger charge is -2.17. The number of nitrogens with one attached hydrogen (secondary N) is 3. The van der Waals surface area contributed by atoms with E-state index in [1.807, 2.05) is 37.3 Å². The molecule has 156 valence electrons. The zero-order chi connectivity index (χ0) is 21.3. The van der Waals surface area contributed by atoms with E-state index >= 15 is 0 Å². The molecule has 0 bridgehead atoms. The molecule has 3 aromatic rings. The Morgan fingerprint density at radius 3 is 2.73 bits per heavy atom. The monoisotopic (exact) mass is 406 g/mol. The van der Waals surface area contributed by atoms with Crippen LogP contribution in [0.4, 0.5) is 16.3 Å². The molecule has 2 aromatic heterocycles. The van der Waals surface area contributed by atoms with Crippen molar-refractivity contribution in [3.05, 3.63) is 60.7 Å². The van der Waals surface area contributed by atoms with Gasteiger partial charge in [0.2, 0.25) is 0 Å². The van der Waals surface area contributed by atoms with Gasteiger partial charge in [0.05, 0.1) is 42.6 Å². The Balaban J connectivity index is 1.82. The molecule has 0 saturated carbocycles. The molecule has 1 unspecified atom stereocenters. The number of benzene rings is 1. The molecule has 0 saturated heterocycles. The number of rotatable bonds is 8. The van der Waals surface area contributed by atoms with Crippen LogP contribution in [0.25, 0.3) is 11.3 Å². The quantitative estimate of drug-likeness (QED) is 0.517. The molecular weight excluding hydrogens is 380 g/mol. The number of anilines is 2. The number of hydrogen-bond acceptors (Lipinski definition) is 6. The van der Waals surface area contributed by atoms with Gasteiger partial charge in [0.25, 0.3) is 0 Å². The summed E-state index contributed by atoms with van der Waals surface area (Å²) in [6.07, 6.45) is 6.03. The molecule has 0 fully saturated rings. The first-order chi connectivity index (χ1) is 14.6.